The van der Waals surface area contributed by atoms with E-state index < -0.39 is 0 Å². The zero-order valence-corrected chi connectivity index (χ0v) is 9.30. The smallest absolute Gasteiger partial charge is 0.0983 e. The van der Waals surface area contributed by atoms with Crippen molar-refractivity contribution in [2.75, 3.05) is 13.1 Å². The number of hydrogen-bond acceptors (Lipinski definition) is 1. The summed E-state index contributed by atoms with van der Waals surface area (Å²) in [7, 11) is 0. The molecular formula is C8H18Cl2N2. The first-order valence-electron chi connectivity index (χ1n) is 4.05. The summed E-state index contributed by atoms with van der Waals surface area (Å²) in [4.78, 5) is 2.19. The average molecular weight is 213 g/mol. The molecule has 1 saturated heterocycles. The van der Waals surface area contributed by atoms with E-state index in [2.05, 4.69) is 18.7 Å². The van der Waals surface area contributed by atoms with Crippen LogP contribution in [0.3, 0.4) is 0 Å². The van der Waals surface area contributed by atoms with E-state index in [0.717, 1.165) is 18.9 Å². The monoisotopic (exact) mass is 212 g/mol. The fourth-order valence-corrected chi connectivity index (χ4v) is 1.32. The molecular weight excluding hydrogens is 195 g/mol. The molecule has 0 radical (unpaired) electrons. The molecule has 0 aromatic heterocycles. The number of rotatable bonds is 1. The number of likely N-dealkylation sites (tertiary alicyclic amines) is 1. The molecule has 12 heavy (non-hydrogen) atoms. The number of nitrogens with zero attached hydrogens (tertiary/aromatic N) is 1. The van der Waals surface area contributed by atoms with E-state index in [9.17, 15) is 0 Å². The molecule has 2 nitrogen and oxygen atoms in total. The molecule has 1 N–H and O–H groups in total. The summed E-state index contributed by atoms with van der Waals surface area (Å²) in [6.07, 6.45) is 2.55. The van der Waals surface area contributed by atoms with Gasteiger partial charge in [-0.15, -0.1) is 24.8 Å². The van der Waals surface area contributed by atoms with E-state index in [1.165, 1.54) is 12.8 Å². The Labute approximate surface area is 87.0 Å². The quantitative estimate of drug-likeness (QED) is 0.526. The molecule has 0 bridgehead atoms. The van der Waals surface area contributed by atoms with Crippen LogP contribution in [0.2, 0.25) is 0 Å². The van der Waals surface area contributed by atoms with Gasteiger partial charge >= 0.3 is 0 Å². The summed E-state index contributed by atoms with van der Waals surface area (Å²) < 4.78 is 0. The number of amidine groups is 1. The van der Waals surface area contributed by atoms with Gasteiger partial charge in [-0.1, -0.05) is 13.8 Å². The Balaban J connectivity index is 0. The standard InChI is InChI=1S/C8H16N2.2ClH/c1-7(2)8(9)10-5-3-4-6-10;;/h7,9H,3-6H2,1-2H3;2*1H. The summed E-state index contributed by atoms with van der Waals surface area (Å²) >= 11 is 0. The predicted octanol–water partition coefficient (Wildman–Crippen LogP) is 2.56. The fourth-order valence-electron chi connectivity index (χ4n) is 1.32. The molecule has 0 atom stereocenters. The van der Waals surface area contributed by atoms with Crippen LogP contribution < -0.4 is 0 Å². The molecule has 0 unspecified atom stereocenters. The Bertz CT molecular complexity index is 131. The summed E-state index contributed by atoms with van der Waals surface area (Å²) in [6.45, 7) is 6.38. The predicted molar refractivity (Wildman–Crippen MR) is 57.9 cm³/mol. The Morgan fingerprint density at radius 3 is 1.92 bits per heavy atom. The van der Waals surface area contributed by atoms with Gasteiger partial charge in [0.2, 0.25) is 0 Å². The lowest BCUT2D eigenvalue weighted by Crippen LogP contribution is -2.30. The summed E-state index contributed by atoms with van der Waals surface area (Å²) in [5, 5.41) is 7.67. The van der Waals surface area contributed by atoms with Gasteiger partial charge in [0, 0.05) is 19.0 Å². The highest BCUT2D eigenvalue weighted by Gasteiger charge is 2.16. The normalized spacial score (nSPS) is 15.4. The highest BCUT2D eigenvalue weighted by atomic mass is 35.5. The van der Waals surface area contributed by atoms with Crippen LogP contribution in [0, 0.1) is 11.3 Å². The third-order valence-corrected chi connectivity index (χ3v) is 1.99. The van der Waals surface area contributed by atoms with E-state index >= 15 is 0 Å². The van der Waals surface area contributed by atoms with Gasteiger partial charge in [0.25, 0.3) is 0 Å². The van der Waals surface area contributed by atoms with Crippen molar-refractivity contribution >= 4 is 30.6 Å². The minimum Gasteiger partial charge on any atom is -0.360 e. The first-order valence-corrected chi connectivity index (χ1v) is 4.05. The van der Waals surface area contributed by atoms with Crippen molar-refractivity contribution in [2.24, 2.45) is 5.92 Å². The SMILES string of the molecule is CC(C)C(=N)N1CCCC1.Cl.Cl. The molecule has 74 valence electrons. The van der Waals surface area contributed by atoms with Crippen molar-refractivity contribution in [2.45, 2.75) is 26.7 Å². The third kappa shape index (κ3) is 3.63. The van der Waals surface area contributed by atoms with Crippen LogP contribution in [0.4, 0.5) is 0 Å². The first-order chi connectivity index (χ1) is 4.72. The first kappa shape index (κ1) is 14.6. The van der Waals surface area contributed by atoms with Gasteiger partial charge in [-0.3, -0.25) is 5.41 Å². The molecule has 4 heteroatoms. The van der Waals surface area contributed by atoms with Crippen LogP contribution in [0.5, 0.6) is 0 Å². The second-order valence-electron chi connectivity index (χ2n) is 3.23. The molecule has 1 heterocycles. The maximum absolute atomic E-state index is 7.67. The lowest BCUT2D eigenvalue weighted by molar-refractivity contribution is 0.484. The van der Waals surface area contributed by atoms with Gasteiger partial charge in [-0.05, 0) is 12.8 Å². The zero-order valence-electron chi connectivity index (χ0n) is 7.67. The maximum Gasteiger partial charge on any atom is 0.0983 e. The van der Waals surface area contributed by atoms with Crippen LogP contribution >= 0.6 is 24.8 Å². The lowest BCUT2D eigenvalue weighted by atomic mass is 10.2. The molecule has 1 fully saturated rings. The second kappa shape index (κ2) is 6.55. The summed E-state index contributed by atoms with van der Waals surface area (Å²) in [5.74, 6) is 1.22. The van der Waals surface area contributed by atoms with Gasteiger partial charge in [0.1, 0.15) is 0 Å². The van der Waals surface area contributed by atoms with Gasteiger partial charge in [-0.2, -0.15) is 0 Å². The Hall–Kier alpha value is 0.0500. The van der Waals surface area contributed by atoms with Crippen LogP contribution in [0.25, 0.3) is 0 Å². The largest absolute Gasteiger partial charge is 0.360 e. The highest BCUT2D eigenvalue weighted by Crippen LogP contribution is 2.11. The second-order valence-corrected chi connectivity index (χ2v) is 3.23. The van der Waals surface area contributed by atoms with Gasteiger partial charge in [0.05, 0.1) is 5.84 Å². The van der Waals surface area contributed by atoms with E-state index in [-0.39, 0.29) is 24.8 Å². The van der Waals surface area contributed by atoms with E-state index in [1.807, 2.05) is 0 Å². The zero-order chi connectivity index (χ0) is 7.56. The van der Waals surface area contributed by atoms with Crippen molar-refractivity contribution in [3.05, 3.63) is 0 Å². The van der Waals surface area contributed by atoms with E-state index in [4.69, 9.17) is 5.41 Å². The van der Waals surface area contributed by atoms with Crippen molar-refractivity contribution in [1.82, 2.24) is 4.90 Å². The Morgan fingerprint density at radius 1 is 1.17 bits per heavy atom. The summed E-state index contributed by atoms with van der Waals surface area (Å²) in [6, 6.07) is 0. The molecule has 0 aromatic carbocycles. The van der Waals surface area contributed by atoms with Gasteiger partial charge in [-0.25, -0.2) is 0 Å². The third-order valence-electron chi connectivity index (χ3n) is 1.99. The molecule has 1 aliphatic rings. The molecule has 0 saturated carbocycles. The fraction of sp³-hybridized carbons (Fsp3) is 0.875. The molecule has 1 aliphatic heterocycles. The minimum atomic E-state index is 0. The number of hydrogen-bond donors (Lipinski definition) is 1. The van der Waals surface area contributed by atoms with Crippen molar-refractivity contribution in [3.63, 3.8) is 0 Å². The average Bonchev–Trinajstić information content (AvgIpc) is 2.36. The van der Waals surface area contributed by atoms with Crippen LogP contribution in [0.15, 0.2) is 0 Å². The van der Waals surface area contributed by atoms with Gasteiger partial charge in [0.15, 0.2) is 0 Å². The van der Waals surface area contributed by atoms with E-state index in [0.29, 0.717) is 5.92 Å². The van der Waals surface area contributed by atoms with Crippen molar-refractivity contribution in [1.29, 1.82) is 5.41 Å². The van der Waals surface area contributed by atoms with E-state index in [1.54, 1.807) is 0 Å². The molecule has 1 rings (SSSR count). The maximum atomic E-state index is 7.67. The number of nitrogens with one attached hydrogen (secondary N) is 1. The van der Waals surface area contributed by atoms with Crippen LogP contribution in [-0.2, 0) is 0 Å². The lowest BCUT2D eigenvalue weighted by Gasteiger charge is -2.20. The Kier molecular flexibility index (Phi) is 7.96. The number of halogens is 2. The van der Waals surface area contributed by atoms with Crippen LogP contribution in [-0.4, -0.2) is 23.8 Å². The summed E-state index contributed by atoms with van der Waals surface area (Å²) in [5.41, 5.74) is 0. The van der Waals surface area contributed by atoms with Gasteiger partial charge < -0.3 is 4.90 Å². The topological polar surface area (TPSA) is 27.1 Å². The van der Waals surface area contributed by atoms with Crippen molar-refractivity contribution in [3.8, 4) is 0 Å². The minimum absolute atomic E-state index is 0. The molecule has 0 spiro atoms. The van der Waals surface area contributed by atoms with Crippen molar-refractivity contribution < 1.29 is 0 Å². The molecule has 0 aromatic rings. The molecule has 0 amide bonds. The highest BCUT2D eigenvalue weighted by molar-refractivity contribution is 5.85. The van der Waals surface area contributed by atoms with Crippen LogP contribution in [0.1, 0.15) is 26.7 Å². The molecule has 0 aliphatic carbocycles. The Morgan fingerprint density at radius 2 is 1.58 bits per heavy atom.